The molecule has 0 spiro atoms. The molecule has 2 rings (SSSR count). The second-order valence-corrected chi connectivity index (χ2v) is 9.61. The van der Waals surface area contributed by atoms with E-state index in [0.29, 0.717) is 17.7 Å². The number of hydrogen-bond donors (Lipinski definition) is 1. The van der Waals surface area contributed by atoms with E-state index in [1.807, 2.05) is 0 Å². The molecule has 7 nitrogen and oxygen atoms in total. The number of thioether (sulfide) groups is 1. The number of carbonyl (C=O) groups excluding carboxylic acids is 3. The zero-order chi connectivity index (χ0) is 19.3. The molecule has 0 saturated carbocycles. The average Bonchev–Trinajstić information content (AvgIpc) is 2.92. The number of Topliss-reactive ketones (excluding diaryl/α,β-unsaturated/α-hetero) is 1. The second-order valence-electron chi connectivity index (χ2n) is 6.09. The Labute approximate surface area is 156 Å². The van der Waals surface area contributed by atoms with E-state index in [1.54, 1.807) is 24.3 Å². The van der Waals surface area contributed by atoms with Crippen molar-refractivity contribution in [1.82, 2.24) is 0 Å². The summed E-state index contributed by atoms with van der Waals surface area (Å²) >= 11 is 1.24. The zero-order valence-corrected chi connectivity index (χ0v) is 16.2. The Morgan fingerprint density at radius 2 is 1.92 bits per heavy atom. The number of sulfone groups is 1. The van der Waals surface area contributed by atoms with Crippen molar-refractivity contribution in [2.45, 2.75) is 31.6 Å². The van der Waals surface area contributed by atoms with E-state index < -0.39 is 27.8 Å². The molecule has 0 radical (unpaired) electrons. The Hall–Kier alpha value is -1.87. The summed E-state index contributed by atoms with van der Waals surface area (Å²) in [5.74, 6) is -0.877. The Kier molecular flexibility index (Phi) is 6.82. The fourth-order valence-corrected chi connectivity index (χ4v) is 5.82. The summed E-state index contributed by atoms with van der Waals surface area (Å²) in [6.45, 7) is 2.91. The van der Waals surface area contributed by atoms with Crippen molar-refractivity contribution in [3.8, 4) is 0 Å². The van der Waals surface area contributed by atoms with Gasteiger partial charge < -0.3 is 10.1 Å². The van der Waals surface area contributed by atoms with E-state index in [1.165, 1.54) is 25.6 Å². The predicted octanol–water partition coefficient (Wildman–Crippen LogP) is 1.68. The molecule has 1 heterocycles. The first-order valence-corrected chi connectivity index (χ1v) is 11.0. The largest absolute Gasteiger partial charge is 0.452 e. The third-order valence-corrected chi connectivity index (χ3v) is 7.12. The molecule has 0 aliphatic carbocycles. The first-order valence-electron chi connectivity index (χ1n) is 8.09. The van der Waals surface area contributed by atoms with Crippen LogP contribution in [0, 0.1) is 0 Å². The minimum absolute atomic E-state index is 0.00507. The van der Waals surface area contributed by atoms with Gasteiger partial charge in [0.2, 0.25) is 0 Å². The van der Waals surface area contributed by atoms with Gasteiger partial charge in [0.25, 0.3) is 5.91 Å². The van der Waals surface area contributed by atoms with Gasteiger partial charge in [-0.1, -0.05) is 0 Å². The van der Waals surface area contributed by atoms with Crippen LogP contribution in [0.5, 0.6) is 0 Å². The standard InChI is InChI=1S/C17H21NO6S2/c1-11(19)13-3-5-14(6-4-13)18-17(21)12(2)24-16(20)9-25-15-7-8-26(22,23)10-15/h3-6,12,15H,7-10H2,1-2H3,(H,18,21)/t12-,15+/m0/s1. The van der Waals surface area contributed by atoms with Crippen molar-refractivity contribution in [3.63, 3.8) is 0 Å². The number of ketones is 1. The molecule has 26 heavy (non-hydrogen) atoms. The highest BCUT2D eigenvalue weighted by Gasteiger charge is 2.29. The topological polar surface area (TPSA) is 107 Å². The van der Waals surface area contributed by atoms with Crippen LogP contribution in [-0.2, 0) is 24.2 Å². The van der Waals surface area contributed by atoms with Crippen molar-refractivity contribution in [2.24, 2.45) is 0 Å². The lowest BCUT2D eigenvalue weighted by atomic mass is 10.1. The number of esters is 1. The lowest BCUT2D eigenvalue weighted by molar-refractivity contribution is -0.150. The molecule has 0 bridgehead atoms. The van der Waals surface area contributed by atoms with Gasteiger partial charge in [0, 0.05) is 16.5 Å². The van der Waals surface area contributed by atoms with Gasteiger partial charge in [0.1, 0.15) is 0 Å². The van der Waals surface area contributed by atoms with Crippen molar-refractivity contribution in [3.05, 3.63) is 29.8 Å². The second kappa shape index (κ2) is 8.68. The molecule has 142 valence electrons. The predicted molar refractivity (Wildman–Crippen MR) is 100 cm³/mol. The molecule has 1 aromatic rings. The van der Waals surface area contributed by atoms with Gasteiger partial charge in [-0.2, -0.15) is 0 Å². The van der Waals surface area contributed by atoms with Gasteiger partial charge in [-0.05, 0) is 44.5 Å². The van der Waals surface area contributed by atoms with Crippen LogP contribution < -0.4 is 5.32 Å². The molecule has 2 atom stereocenters. The van der Waals surface area contributed by atoms with Gasteiger partial charge in [0.15, 0.2) is 21.7 Å². The lowest BCUT2D eigenvalue weighted by Gasteiger charge is -2.14. The van der Waals surface area contributed by atoms with Gasteiger partial charge >= 0.3 is 5.97 Å². The summed E-state index contributed by atoms with van der Waals surface area (Å²) in [5.41, 5.74) is 1.03. The monoisotopic (exact) mass is 399 g/mol. The minimum Gasteiger partial charge on any atom is -0.452 e. The highest BCUT2D eigenvalue weighted by atomic mass is 32.2. The summed E-state index contributed by atoms with van der Waals surface area (Å²) in [5, 5.41) is 2.51. The summed E-state index contributed by atoms with van der Waals surface area (Å²) in [7, 11) is -2.98. The molecule has 1 saturated heterocycles. The highest BCUT2D eigenvalue weighted by Crippen LogP contribution is 2.24. The van der Waals surface area contributed by atoms with E-state index >= 15 is 0 Å². The van der Waals surface area contributed by atoms with Crippen LogP contribution in [-0.4, -0.2) is 54.7 Å². The van der Waals surface area contributed by atoms with Crippen molar-refractivity contribution in [1.29, 1.82) is 0 Å². The fourth-order valence-electron chi connectivity index (χ4n) is 2.40. The van der Waals surface area contributed by atoms with Crippen LogP contribution >= 0.6 is 11.8 Å². The molecule has 0 aromatic heterocycles. The smallest absolute Gasteiger partial charge is 0.316 e. The zero-order valence-electron chi connectivity index (χ0n) is 14.6. The van der Waals surface area contributed by atoms with E-state index in [2.05, 4.69) is 5.32 Å². The van der Waals surface area contributed by atoms with Gasteiger partial charge in [-0.25, -0.2) is 8.42 Å². The Bertz CT molecular complexity index is 788. The molecular formula is C17H21NO6S2. The summed E-state index contributed by atoms with van der Waals surface area (Å²) < 4.78 is 27.8. The molecule has 1 aliphatic rings. The molecule has 1 fully saturated rings. The number of amides is 1. The van der Waals surface area contributed by atoms with Crippen LogP contribution in [0.4, 0.5) is 5.69 Å². The third kappa shape index (κ3) is 6.14. The molecule has 1 amide bonds. The number of benzene rings is 1. The maximum atomic E-state index is 12.1. The molecule has 1 N–H and O–H groups in total. The number of nitrogens with one attached hydrogen (secondary N) is 1. The molecular weight excluding hydrogens is 378 g/mol. The third-order valence-electron chi connectivity index (χ3n) is 3.86. The van der Waals surface area contributed by atoms with E-state index in [-0.39, 0.29) is 28.3 Å². The first kappa shape index (κ1) is 20.4. The number of rotatable bonds is 7. The minimum atomic E-state index is -2.98. The number of anilines is 1. The van der Waals surface area contributed by atoms with Gasteiger partial charge in [-0.15, -0.1) is 11.8 Å². The fraction of sp³-hybridized carbons (Fsp3) is 0.471. The molecule has 1 aromatic carbocycles. The Balaban J connectivity index is 1.77. The average molecular weight is 399 g/mol. The van der Waals surface area contributed by atoms with Gasteiger partial charge in [0.05, 0.1) is 17.3 Å². The SMILES string of the molecule is CC(=O)c1ccc(NC(=O)[C@H](C)OC(=O)CS[C@@H]2CCS(=O)(=O)C2)cc1. The highest BCUT2D eigenvalue weighted by molar-refractivity contribution is 8.02. The summed E-state index contributed by atoms with van der Waals surface area (Å²) in [4.78, 5) is 35.1. The quantitative estimate of drug-likeness (QED) is 0.549. The van der Waals surface area contributed by atoms with E-state index in [4.69, 9.17) is 4.74 Å². The Morgan fingerprint density at radius 3 is 2.46 bits per heavy atom. The van der Waals surface area contributed by atoms with Crippen LogP contribution in [0.15, 0.2) is 24.3 Å². The van der Waals surface area contributed by atoms with Crippen molar-refractivity contribution < 1.29 is 27.5 Å². The van der Waals surface area contributed by atoms with Crippen LogP contribution in [0.3, 0.4) is 0 Å². The number of hydrogen-bond acceptors (Lipinski definition) is 7. The van der Waals surface area contributed by atoms with E-state index in [0.717, 1.165) is 0 Å². The lowest BCUT2D eigenvalue weighted by Crippen LogP contribution is -2.30. The van der Waals surface area contributed by atoms with Crippen LogP contribution in [0.1, 0.15) is 30.6 Å². The van der Waals surface area contributed by atoms with Gasteiger partial charge in [-0.3, -0.25) is 14.4 Å². The summed E-state index contributed by atoms with van der Waals surface area (Å²) in [6, 6.07) is 6.39. The van der Waals surface area contributed by atoms with E-state index in [9.17, 15) is 22.8 Å². The van der Waals surface area contributed by atoms with Crippen molar-refractivity contribution >= 4 is 44.9 Å². The summed E-state index contributed by atoms with van der Waals surface area (Å²) in [6.07, 6.45) is -0.449. The molecule has 1 aliphatic heterocycles. The van der Waals surface area contributed by atoms with Crippen molar-refractivity contribution in [2.75, 3.05) is 22.6 Å². The first-order chi connectivity index (χ1) is 12.2. The normalized spacial score (nSPS) is 19.5. The van der Waals surface area contributed by atoms with Crippen LogP contribution in [0.25, 0.3) is 0 Å². The number of ether oxygens (including phenoxy) is 1. The number of carbonyl (C=O) groups is 3. The maximum absolute atomic E-state index is 12.1. The Morgan fingerprint density at radius 1 is 1.27 bits per heavy atom. The molecule has 9 heteroatoms. The van der Waals surface area contributed by atoms with Crippen LogP contribution in [0.2, 0.25) is 0 Å². The molecule has 0 unspecified atom stereocenters. The maximum Gasteiger partial charge on any atom is 0.316 e.